The maximum Gasteiger partial charge on any atom is 0.407 e. The molecule has 2 unspecified atom stereocenters. The van der Waals surface area contributed by atoms with Crippen LogP contribution in [0.3, 0.4) is 0 Å². The van der Waals surface area contributed by atoms with Gasteiger partial charge >= 0.3 is 12.2 Å². The fourth-order valence-corrected chi connectivity index (χ4v) is 5.26. The predicted octanol–water partition coefficient (Wildman–Crippen LogP) is 3.04. The zero-order valence-electron chi connectivity index (χ0n) is 18.7. The zero-order valence-corrected chi connectivity index (χ0v) is 18.7. The van der Waals surface area contributed by atoms with E-state index in [4.69, 9.17) is 4.42 Å². The molecule has 34 heavy (non-hydrogen) atoms. The molecule has 2 aliphatic heterocycles. The first-order chi connectivity index (χ1) is 16.4. The van der Waals surface area contributed by atoms with Gasteiger partial charge in [0.1, 0.15) is 5.58 Å². The predicted molar refractivity (Wildman–Crippen MR) is 124 cm³/mol. The van der Waals surface area contributed by atoms with Gasteiger partial charge in [-0.05, 0) is 22.4 Å². The molecular weight excluding hydrogens is 440 g/mol. The third kappa shape index (κ3) is 3.55. The third-order valence-corrected chi connectivity index (χ3v) is 6.77. The summed E-state index contributed by atoms with van der Waals surface area (Å²) in [6, 6.07) is 8.21. The van der Waals surface area contributed by atoms with Crippen molar-refractivity contribution < 1.29 is 29.0 Å². The molecule has 0 saturated carbocycles. The van der Waals surface area contributed by atoms with Crippen LogP contribution < -0.4 is 10.6 Å². The quantitative estimate of drug-likeness (QED) is 0.433. The van der Waals surface area contributed by atoms with Gasteiger partial charge in [0.15, 0.2) is 11.5 Å². The molecule has 1 aromatic heterocycles. The number of furan rings is 1. The summed E-state index contributed by atoms with van der Waals surface area (Å²) in [5, 5.41) is 28.6. The highest BCUT2D eigenvalue weighted by molar-refractivity contribution is 6.07. The van der Waals surface area contributed by atoms with Gasteiger partial charge in [-0.1, -0.05) is 24.3 Å². The van der Waals surface area contributed by atoms with Crippen molar-refractivity contribution in [2.24, 2.45) is 0 Å². The molecule has 4 N–H and O–H groups in total. The summed E-state index contributed by atoms with van der Waals surface area (Å²) in [6.07, 6.45) is -2.05. The van der Waals surface area contributed by atoms with Crippen molar-refractivity contribution in [1.29, 1.82) is 0 Å². The number of fused-ring (bicyclic) bond motifs is 2. The van der Waals surface area contributed by atoms with Gasteiger partial charge in [0, 0.05) is 57.1 Å². The van der Waals surface area contributed by atoms with Crippen molar-refractivity contribution >= 4 is 39.7 Å². The standard InChI is InChI=1S/C24H26N4O6/c1-13(29)19-10-16-20(17-11-25-6-8-27(17)23(30)31)14-4-2-3-5-15(14)21(22(16)34-19)18-12-26-7-9-28(18)24(32)33/h2-5,10,17-18,25-26H,6-9,11-12H2,1H3,(H,30,31)(H,32,33). The monoisotopic (exact) mass is 466 g/mol. The van der Waals surface area contributed by atoms with Crippen LogP contribution in [0.15, 0.2) is 34.7 Å². The van der Waals surface area contributed by atoms with E-state index in [1.165, 1.54) is 16.7 Å². The summed E-state index contributed by atoms with van der Waals surface area (Å²) in [4.78, 5) is 39.3. The van der Waals surface area contributed by atoms with Crippen LogP contribution in [0.1, 0.15) is 40.7 Å². The number of rotatable bonds is 3. The molecule has 2 aliphatic rings. The molecule has 2 saturated heterocycles. The van der Waals surface area contributed by atoms with Gasteiger partial charge in [0.2, 0.25) is 0 Å². The second-order valence-corrected chi connectivity index (χ2v) is 8.67. The van der Waals surface area contributed by atoms with Crippen molar-refractivity contribution in [1.82, 2.24) is 20.4 Å². The van der Waals surface area contributed by atoms with Gasteiger partial charge in [-0.15, -0.1) is 0 Å². The normalized spacial score (nSPS) is 21.2. The molecule has 3 aromatic rings. The van der Waals surface area contributed by atoms with E-state index in [1.54, 1.807) is 6.07 Å². The average Bonchev–Trinajstić information content (AvgIpc) is 3.27. The Morgan fingerprint density at radius 1 is 0.882 bits per heavy atom. The molecule has 2 atom stereocenters. The molecule has 5 rings (SSSR count). The molecule has 178 valence electrons. The minimum Gasteiger partial charge on any atom is -0.465 e. The largest absolute Gasteiger partial charge is 0.465 e. The number of nitrogens with one attached hydrogen (secondary N) is 2. The first kappa shape index (κ1) is 22.2. The van der Waals surface area contributed by atoms with Crippen molar-refractivity contribution in [2.45, 2.75) is 19.0 Å². The smallest absolute Gasteiger partial charge is 0.407 e. The number of ketones is 1. The average molecular weight is 466 g/mol. The molecule has 2 aromatic carbocycles. The maximum atomic E-state index is 12.3. The Morgan fingerprint density at radius 2 is 1.41 bits per heavy atom. The van der Waals surface area contributed by atoms with Gasteiger partial charge in [-0.2, -0.15) is 0 Å². The number of carbonyl (C=O) groups is 3. The van der Waals surface area contributed by atoms with Gasteiger partial charge in [-0.25, -0.2) is 9.59 Å². The van der Waals surface area contributed by atoms with E-state index in [1.807, 2.05) is 24.3 Å². The number of piperazine rings is 2. The highest BCUT2D eigenvalue weighted by Gasteiger charge is 2.36. The van der Waals surface area contributed by atoms with E-state index >= 15 is 0 Å². The fourth-order valence-electron chi connectivity index (χ4n) is 5.26. The lowest BCUT2D eigenvalue weighted by Gasteiger charge is -2.37. The van der Waals surface area contributed by atoms with E-state index in [-0.39, 0.29) is 11.5 Å². The topological polar surface area (TPSA) is 135 Å². The number of hydrogen-bond donors (Lipinski definition) is 4. The molecular formula is C24H26N4O6. The summed E-state index contributed by atoms with van der Waals surface area (Å²) in [7, 11) is 0. The van der Waals surface area contributed by atoms with E-state index < -0.39 is 24.3 Å². The van der Waals surface area contributed by atoms with Crippen LogP contribution in [0, 0.1) is 0 Å². The number of amides is 2. The minimum absolute atomic E-state index is 0.157. The molecule has 3 heterocycles. The lowest BCUT2D eigenvalue weighted by molar-refractivity contribution is 0.0986. The number of benzene rings is 2. The molecule has 2 amide bonds. The molecule has 0 bridgehead atoms. The first-order valence-electron chi connectivity index (χ1n) is 11.3. The number of nitrogens with zero attached hydrogens (tertiary/aromatic N) is 2. The Bertz CT molecular complexity index is 1210. The van der Waals surface area contributed by atoms with Crippen LogP contribution in [0.5, 0.6) is 0 Å². The molecule has 0 radical (unpaired) electrons. The second kappa shape index (κ2) is 8.62. The summed E-state index contributed by atoms with van der Waals surface area (Å²) in [5.41, 5.74) is 1.86. The van der Waals surface area contributed by atoms with Crippen molar-refractivity contribution in [3.05, 3.63) is 47.2 Å². The van der Waals surface area contributed by atoms with Crippen LogP contribution in [-0.4, -0.2) is 77.3 Å². The fraction of sp³-hybridized carbons (Fsp3) is 0.375. The van der Waals surface area contributed by atoms with Crippen LogP contribution in [-0.2, 0) is 0 Å². The summed E-state index contributed by atoms with van der Waals surface area (Å²) >= 11 is 0. The van der Waals surface area contributed by atoms with E-state index in [2.05, 4.69) is 10.6 Å². The second-order valence-electron chi connectivity index (χ2n) is 8.67. The molecule has 10 nitrogen and oxygen atoms in total. The number of hydrogen-bond acceptors (Lipinski definition) is 6. The summed E-state index contributed by atoms with van der Waals surface area (Å²) in [5.74, 6) is -0.102. The van der Waals surface area contributed by atoms with Gasteiger partial charge in [0.05, 0.1) is 12.1 Å². The van der Waals surface area contributed by atoms with E-state index in [9.17, 15) is 24.6 Å². The Balaban J connectivity index is 1.86. The number of Topliss-reactive ketones (excluding diaryl/α,β-unsaturated/α-hetero) is 1. The third-order valence-electron chi connectivity index (χ3n) is 6.77. The van der Waals surface area contributed by atoms with Gasteiger partial charge in [-0.3, -0.25) is 14.6 Å². The first-order valence-corrected chi connectivity index (χ1v) is 11.3. The lowest BCUT2D eigenvalue weighted by atomic mass is 9.87. The number of carboxylic acid groups (broad SMARTS) is 2. The van der Waals surface area contributed by atoms with Gasteiger partial charge < -0.3 is 25.3 Å². The van der Waals surface area contributed by atoms with Crippen molar-refractivity contribution in [3.8, 4) is 0 Å². The molecule has 0 spiro atoms. The SMILES string of the molecule is CC(=O)c1cc2c(C3CNCCN3C(=O)O)c3ccccc3c(C3CNCCN3C(=O)O)c2o1. The van der Waals surface area contributed by atoms with Crippen LogP contribution in [0.2, 0.25) is 0 Å². The maximum absolute atomic E-state index is 12.3. The zero-order chi connectivity index (χ0) is 24.0. The Labute approximate surface area is 195 Å². The van der Waals surface area contributed by atoms with E-state index in [0.717, 1.165) is 16.3 Å². The molecule has 10 heteroatoms. The Hall–Kier alpha value is -3.63. The molecule has 2 fully saturated rings. The van der Waals surface area contributed by atoms with E-state index in [0.29, 0.717) is 55.8 Å². The van der Waals surface area contributed by atoms with Crippen LogP contribution in [0.25, 0.3) is 21.7 Å². The van der Waals surface area contributed by atoms with Gasteiger partial charge in [0.25, 0.3) is 0 Å². The van der Waals surface area contributed by atoms with Crippen LogP contribution >= 0.6 is 0 Å². The summed E-state index contributed by atoms with van der Waals surface area (Å²) in [6.45, 7) is 3.96. The number of carbonyl (C=O) groups excluding carboxylic acids is 1. The van der Waals surface area contributed by atoms with Crippen LogP contribution in [0.4, 0.5) is 9.59 Å². The lowest BCUT2D eigenvalue weighted by Crippen LogP contribution is -2.49. The summed E-state index contributed by atoms with van der Waals surface area (Å²) < 4.78 is 6.09. The van der Waals surface area contributed by atoms with Crippen molar-refractivity contribution in [2.75, 3.05) is 39.3 Å². The Kier molecular flexibility index (Phi) is 5.62. The highest BCUT2D eigenvalue weighted by atomic mass is 16.4. The molecule has 0 aliphatic carbocycles. The minimum atomic E-state index is -1.03. The van der Waals surface area contributed by atoms with Crippen molar-refractivity contribution in [3.63, 3.8) is 0 Å². The highest BCUT2D eigenvalue weighted by Crippen LogP contribution is 2.43. The Morgan fingerprint density at radius 3 is 1.94 bits per heavy atom.